The molecular weight excluding hydrogens is 215 g/mol. The Morgan fingerprint density at radius 3 is 2.00 bits per heavy atom. The maximum absolute atomic E-state index is 13.7. The molecule has 0 fully saturated rings. The molecule has 0 amide bonds. The highest BCUT2D eigenvalue weighted by Gasteiger charge is 2.10. The van der Waals surface area contributed by atoms with E-state index in [1.807, 2.05) is 6.07 Å². The predicted molar refractivity (Wildman–Crippen MR) is 66.3 cm³/mol. The number of carbonyl (C=O) groups is 1. The van der Waals surface area contributed by atoms with Crippen molar-refractivity contribution in [3.05, 3.63) is 77.6 Å². The van der Waals surface area contributed by atoms with E-state index in [-0.39, 0.29) is 0 Å². The summed E-state index contributed by atoms with van der Waals surface area (Å²) in [5, 5.41) is 0. The fourth-order valence-electron chi connectivity index (χ4n) is 1.49. The molecule has 0 aliphatic rings. The third-order valence-electron chi connectivity index (χ3n) is 2.35. The summed E-state index contributed by atoms with van der Waals surface area (Å²) in [4.78, 5) is 11.7. The van der Waals surface area contributed by atoms with Gasteiger partial charge in [0, 0.05) is 5.56 Å². The van der Waals surface area contributed by atoms with Gasteiger partial charge in [0.1, 0.15) is 0 Å². The number of carbonyl (C=O) groups excluding carboxylic acids is 1. The maximum atomic E-state index is 13.7. The lowest BCUT2D eigenvalue weighted by Gasteiger charge is -1.98. The van der Waals surface area contributed by atoms with Crippen LogP contribution in [0.2, 0.25) is 0 Å². The van der Waals surface area contributed by atoms with Crippen molar-refractivity contribution in [2.75, 3.05) is 0 Å². The van der Waals surface area contributed by atoms with Gasteiger partial charge in [0.25, 0.3) is 0 Å². The van der Waals surface area contributed by atoms with Crippen LogP contribution in [0.25, 0.3) is 6.08 Å². The Bertz CT molecular complexity index is 529. The first-order chi connectivity index (χ1) is 8.27. The molecule has 2 aromatic rings. The Kier molecular flexibility index (Phi) is 3.46. The van der Waals surface area contributed by atoms with Gasteiger partial charge < -0.3 is 0 Å². The van der Waals surface area contributed by atoms with E-state index in [0.29, 0.717) is 11.1 Å². The first kappa shape index (κ1) is 11.3. The second-order valence-electron chi connectivity index (χ2n) is 3.60. The van der Waals surface area contributed by atoms with Gasteiger partial charge in [0.05, 0.1) is 0 Å². The summed E-state index contributed by atoms with van der Waals surface area (Å²) in [5.74, 6) is -1.34. The van der Waals surface area contributed by atoms with Crippen molar-refractivity contribution < 1.29 is 9.18 Å². The van der Waals surface area contributed by atoms with Crippen LogP contribution in [0, 0.1) is 0 Å². The standard InChI is InChI=1S/C15H11FO/c16-14(11-12-7-3-1-4-8-12)15(17)13-9-5-2-6-10-13/h1-11H/b14-11+. The smallest absolute Gasteiger partial charge is 0.221 e. The molecule has 0 saturated heterocycles. The highest BCUT2D eigenvalue weighted by molar-refractivity contribution is 6.09. The van der Waals surface area contributed by atoms with Crippen LogP contribution in [-0.2, 0) is 0 Å². The van der Waals surface area contributed by atoms with Gasteiger partial charge in [-0.05, 0) is 11.6 Å². The van der Waals surface area contributed by atoms with Gasteiger partial charge in [-0.25, -0.2) is 4.39 Å². The first-order valence-electron chi connectivity index (χ1n) is 5.29. The molecule has 0 unspecified atom stereocenters. The average Bonchev–Trinajstić information content (AvgIpc) is 2.40. The fraction of sp³-hybridized carbons (Fsp3) is 0. The molecule has 2 rings (SSSR count). The van der Waals surface area contributed by atoms with E-state index in [4.69, 9.17) is 0 Å². The van der Waals surface area contributed by atoms with Crippen LogP contribution >= 0.6 is 0 Å². The third kappa shape index (κ3) is 2.88. The van der Waals surface area contributed by atoms with Gasteiger partial charge in [0.15, 0.2) is 5.83 Å². The van der Waals surface area contributed by atoms with Crippen LogP contribution in [0.15, 0.2) is 66.5 Å². The van der Waals surface area contributed by atoms with E-state index in [1.165, 1.54) is 6.08 Å². The van der Waals surface area contributed by atoms with Gasteiger partial charge in [0.2, 0.25) is 5.78 Å². The Morgan fingerprint density at radius 1 is 0.882 bits per heavy atom. The number of hydrogen-bond donors (Lipinski definition) is 0. The Labute approximate surface area is 99.2 Å². The molecule has 17 heavy (non-hydrogen) atoms. The average molecular weight is 226 g/mol. The minimum atomic E-state index is -0.748. The van der Waals surface area contributed by atoms with Gasteiger partial charge in [-0.15, -0.1) is 0 Å². The highest BCUT2D eigenvalue weighted by Crippen LogP contribution is 2.13. The number of Topliss-reactive ketones (excluding diaryl/α,β-unsaturated/α-hetero) is 1. The number of ketones is 1. The number of rotatable bonds is 3. The summed E-state index contributed by atoms with van der Waals surface area (Å²) >= 11 is 0. The minimum absolute atomic E-state index is 0.359. The molecule has 2 heteroatoms. The molecule has 84 valence electrons. The second-order valence-corrected chi connectivity index (χ2v) is 3.60. The summed E-state index contributed by atoms with van der Waals surface area (Å²) < 4.78 is 13.7. The zero-order valence-corrected chi connectivity index (χ0v) is 9.14. The highest BCUT2D eigenvalue weighted by atomic mass is 19.1. The van der Waals surface area contributed by atoms with E-state index >= 15 is 0 Å². The molecule has 0 aliphatic carbocycles. The molecule has 0 radical (unpaired) electrons. The van der Waals surface area contributed by atoms with Crippen LogP contribution in [0.5, 0.6) is 0 Å². The van der Waals surface area contributed by atoms with Crippen LogP contribution in [-0.4, -0.2) is 5.78 Å². The van der Waals surface area contributed by atoms with Crippen molar-refractivity contribution in [3.8, 4) is 0 Å². The van der Waals surface area contributed by atoms with Gasteiger partial charge in [-0.3, -0.25) is 4.79 Å². The Balaban J connectivity index is 2.24. The lowest BCUT2D eigenvalue weighted by Crippen LogP contribution is -1.98. The zero-order valence-electron chi connectivity index (χ0n) is 9.14. The lowest BCUT2D eigenvalue weighted by atomic mass is 10.1. The van der Waals surface area contributed by atoms with E-state index in [0.717, 1.165) is 0 Å². The van der Waals surface area contributed by atoms with Crippen molar-refractivity contribution in [2.24, 2.45) is 0 Å². The number of benzene rings is 2. The largest absolute Gasteiger partial charge is 0.286 e. The molecule has 0 aromatic heterocycles. The van der Waals surface area contributed by atoms with Crippen LogP contribution in [0.3, 0.4) is 0 Å². The SMILES string of the molecule is O=C(/C(F)=C\c1ccccc1)c1ccccc1. The number of halogens is 1. The Hall–Kier alpha value is -2.22. The number of allylic oxidation sites excluding steroid dienone is 1. The molecule has 0 heterocycles. The minimum Gasteiger partial charge on any atom is -0.286 e. The molecule has 0 aliphatic heterocycles. The maximum Gasteiger partial charge on any atom is 0.221 e. The van der Waals surface area contributed by atoms with Crippen molar-refractivity contribution in [1.82, 2.24) is 0 Å². The van der Waals surface area contributed by atoms with Crippen molar-refractivity contribution >= 4 is 11.9 Å². The molecule has 2 aromatic carbocycles. The van der Waals surface area contributed by atoms with Crippen molar-refractivity contribution in [2.45, 2.75) is 0 Å². The predicted octanol–water partition coefficient (Wildman–Crippen LogP) is 3.88. The first-order valence-corrected chi connectivity index (χ1v) is 5.29. The lowest BCUT2D eigenvalue weighted by molar-refractivity contribution is 0.101. The zero-order chi connectivity index (χ0) is 12.1. The second kappa shape index (κ2) is 5.21. The quantitative estimate of drug-likeness (QED) is 0.573. The molecule has 0 atom stereocenters. The van der Waals surface area contributed by atoms with Crippen LogP contribution < -0.4 is 0 Å². The Morgan fingerprint density at radius 2 is 1.41 bits per heavy atom. The van der Waals surface area contributed by atoms with Gasteiger partial charge in [-0.2, -0.15) is 0 Å². The fourth-order valence-corrected chi connectivity index (χ4v) is 1.49. The van der Waals surface area contributed by atoms with E-state index in [9.17, 15) is 9.18 Å². The summed E-state index contributed by atoms with van der Waals surface area (Å²) in [6.45, 7) is 0. The summed E-state index contributed by atoms with van der Waals surface area (Å²) in [5.41, 5.74) is 1.03. The normalized spacial score (nSPS) is 11.2. The van der Waals surface area contributed by atoms with E-state index < -0.39 is 11.6 Å². The molecule has 0 N–H and O–H groups in total. The molecule has 0 bridgehead atoms. The van der Waals surface area contributed by atoms with E-state index in [2.05, 4.69) is 0 Å². The molecule has 0 saturated carbocycles. The summed E-state index contributed by atoms with van der Waals surface area (Å²) in [6, 6.07) is 17.3. The summed E-state index contributed by atoms with van der Waals surface area (Å²) in [6.07, 6.45) is 1.25. The molecular formula is C15H11FO. The summed E-state index contributed by atoms with van der Waals surface area (Å²) in [7, 11) is 0. The van der Waals surface area contributed by atoms with Crippen molar-refractivity contribution in [1.29, 1.82) is 0 Å². The van der Waals surface area contributed by atoms with Crippen LogP contribution in [0.4, 0.5) is 4.39 Å². The van der Waals surface area contributed by atoms with E-state index in [1.54, 1.807) is 54.6 Å². The van der Waals surface area contributed by atoms with Crippen LogP contribution in [0.1, 0.15) is 15.9 Å². The van der Waals surface area contributed by atoms with Crippen molar-refractivity contribution in [3.63, 3.8) is 0 Å². The van der Waals surface area contributed by atoms with Gasteiger partial charge in [-0.1, -0.05) is 60.7 Å². The third-order valence-corrected chi connectivity index (χ3v) is 2.35. The molecule has 0 spiro atoms. The number of hydrogen-bond acceptors (Lipinski definition) is 1. The molecule has 1 nitrogen and oxygen atoms in total. The topological polar surface area (TPSA) is 17.1 Å². The van der Waals surface area contributed by atoms with Gasteiger partial charge >= 0.3 is 0 Å². The monoisotopic (exact) mass is 226 g/mol.